The zero-order valence-electron chi connectivity index (χ0n) is 11.6. The van der Waals surface area contributed by atoms with E-state index < -0.39 is 0 Å². The Labute approximate surface area is 126 Å². The van der Waals surface area contributed by atoms with E-state index in [1.807, 2.05) is 54.6 Å². The van der Waals surface area contributed by atoms with Gasteiger partial charge in [0.2, 0.25) is 0 Å². The zero-order valence-corrected chi connectivity index (χ0v) is 11.6. The minimum absolute atomic E-state index is 0.441. The van der Waals surface area contributed by atoms with Crippen molar-refractivity contribution in [1.29, 1.82) is 5.26 Å². The minimum atomic E-state index is 0.441. The predicted octanol–water partition coefficient (Wildman–Crippen LogP) is 5.24. The highest BCUT2D eigenvalue weighted by Gasteiger charge is 2.11. The average molecular weight is 285 g/mol. The van der Waals surface area contributed by atoms with Gasteiger partial charge >= 0.3 is 0 Å². The first-order chi connectivity index (χ1) is 10.8. The molecule has 2 heterocycles. The summed E-state index contributed by atoms with van der Waals surface area (Å²) in [5, 5.41) is 12.4. The summed E-state index contributed by atoms with van der Waals surface area (Å²) in [4.78, 5) is 0. The van der Waals surface area contributed by atoms with Crippen LogP contribution in [0.5, 0.6) is 0 Å². The molecule has 2 aromatic carbocycles. The average Bonchev–Trinajstić information content (AvgIpc) is 3.16. The van der Waals surface area contributed by atoms with Crippen LogP contribution in [0.2, 0.25) is 0 Å². The van der Waals surface area contributed by atoms with Gasteiger partial charge in [-0.25, -0.2) is 0 Å². The summed E-state index contributed by atoms with van der Waals surface area (Å²) in [7, 11) is 0. The first-order valence-electron chi connectivity index (χ1n) is 6.92. The molecule has 4 aromatic rings. The van der Waals surface area contributed by atoms with Crippen LogP contribution in [0, 0.1) is 11.3 Å². The molecule has 0 aliphatic rings. The van der Waals surface area contributed by atoms with Crippen molar-refractivity contribution in [3.05, 3.63) is 72.4 Å². The number of hydrogen-bond donors (Lipinski definition) is 0. The highest BCUT2D eigenvalue weighted by Crippen LogP contribution is 2.28. The van der Waals surface area contributed by atoms with E-state index in [-0.39, 0.29) is 0 Å². The maximum atomic E-state index is 9.46. The highest BCUT2D eigenvalue weighted by molar-refractivity contribution is 5.97. The molecule has 0 saturated heterocycles. The second-order valence-corrected chi connectivity index (χ2v) is 5.01. The number of para-hydroxylation sites is 1. The SMILES string of the molecule is N#C/C(=C/c1occ2ccccc12)c1cc2ccccc2o1. The maximum Gasteiger partial charge on any atom is 0.146 e. The molecule has 0 saturated carbocycles. The van der Waals surface area contributed by atoms with Crippen LogP contribution in [0.15, 0.2) is 69.7 Å². The summed E-state index contributed by atoms with van der Waals surface area (Å²) < 4.78 is 11.3. The first kappa shape index (κ1) is 12.5. The summed E-state index contributed by atoms with van der Waals surface area (Å²) in [5.41, 5.74) is 1.21. The van der Waals surface area contributed by atoms with Crippen LogP contribution in [0.1, 0.15) is 11.5 Å². The van der Waals surface area contributed by atoms with Crippen molar-refractivity contribution in [1.82, 2.24) is 0 Å². The Morgan fingerprint density at radius 3 is 2.59 bits per heavy atom. The molecule has 0 unspecified atom stereocenters. The van der Waals surface area contributed by atoms with E-state index in [0.717, 1.165) is 21.7 Å². The molecule has 0 spiro atoms. The van der Waals surface area contributed by atoms with Crippen molar-refractivity contribution < 1.29 is 8.83 Å². The minimum Gasteiger partial charge on any atom is -0.464 e. The highest BCUT2D eigenvalue weighted by atomic mass is 16.3. The molecule has 0 radical (unpaired) electrons. The third kappa shape index (κ3) is 1.99. The molecular formula is C19H11NO2. The van der Waals surface area contributed by atoms with Gasteiger partial charge in [0.15, 0.2) is 0 Å². The molecule has 3 heteroatoms. The fourth-order valence-corrected chi connectivity index (χ4v) is 2.53. The van der Waals surface area contributed by atoms with Gasteiger partial charge in [0.1, 0.15) is 23.2 Å². The van der Waals surface area contributed by atoms with Crippen LogP contribution in [-0.4, -0.2) is 0 Å². The van der Waals surface area contributed by atoms with Crippen molar-refractivity contribution in [3.8, 4) is 6.07 Å². The van der Waals surface area contributed by atoms with E-state index in [4.69, 9.17) is 8.83 Å². The van der Waals surface area contributed by atoms with Crippen LogP contribution in [0.4, 0.5) is 0 Å². The summed E-state index contributed by atoms with van der Waals surface area (Å²) in [6.45, 7) is 0. The van der Waals surface area contributed by atoms with Gasteiger partial charge < -0.3 is 8.83 Å². The largest absolute Gasteiger partial charge is 0.464 e. The molecule has 0 amide bonds. The number of allylic oxidation sites excluding steroid dienone is 1. The number of rotatable bonds is 2. The second-order valence-electron chi connectivity index (χ2n) is 5.01. The van der Waals surface area contributed by atoms with Gasteiger partial charge in [-0.05, 0) is 12.1 Å². The molecule has 0 atom stereocenters. The van der Waals surface area contributed by atoms with Crippen molar-refractivity contribution in [3.63, 3.8) is 0 Å². The Morgan fingerprint density at radius 2 is 1.77 bits per heavy atom. The molecule has 22 heavy (non-hydrogen) atoms. The first-order valence-corrected chi connectivity index (χ1v) is 6.92. The summed E-state index contributed by atoms with van der Waals surface area (Å²) in [6, 6.07) is 19.6. The van der Waals surface area contributed by atoms with Crippen LogP contribution < -0.4 is 0 Å². The quantitative estimate of drug-likeness (QED) is 0.473. The fraction of sp³-hybridized carbons (Fsp3) is 0. The number of nitrogens with zero attached hydrogens (tertiary/aromatic N) is 1. The van der Waals surface area contributed by atoms with Crippen LogP contribution in [-0.2, 0) is 0 Å². The van der Waals surface area contributed by atoms with Gasteiger partial charge in [-0.15, -0.1) is 0 Å². The molecule has 0 aliphatic carbocycles. The van der Waals surface area contributed by atoms with Crippen LogP contribution >= 0.6 is 0 Å². The molecule has 0 N–H and O–H groups in total. The molecule has 0 fully saturated rings. The van der Waals surface area contributed by atoms with Gasteiger partial charge in [-0.3, -0.25) is 0 Å². The molecule has 0 aliphatic heterocycles. The van der Waals surface area contributed by atoms with E-state index in [2.05, 4.69) is 6.07 Å². The standard InChI is InChI=1S/C19H11NO2/c20-11-15(18-9-13-5-2-4-8-17(13)22-18)10-19-16-7-3-1-6-14(16)12-21-19/h1-10,12H/b15-10-. The molecule has 2 aromatic heterocycles. The van der Waals surface area contributed by atoms with Gasteiger partial charge in [0.25, 0.3) is 0 Å². The van der Waals surface area contributed by atoms with Crippen molar-refractivity contribution >= 4 is 33.4 Å². The molecular weight excluding hydrogens is 274 g/mol. The Hall–Kier alpha value is -3.25. The van der Waals surface area contributed by atoms with Crippen molar-refractivity contribution in [2.45, 2.75) is 0 Å². The Balaban J connectivity index is 1.86. The molecule has 104 valence electrons. The Morgan fingerprint density at radius 1 is 1.00 bits per heavy atom. The van der Waals surface area contributed by atoms with Crippen LogP contribution in [0.3, 0.4) is 0 Å². The van der Waals surface area contributed by atoms with Gasteiger partial charge in [-0.1, -0.05) is 42.5 Å². The topological polar surface area (TPSA) is 50.1 Å². The lowest BCUT2D eigenvalue weighted by atomic mass is 10.1. The third-order valence-electron chi connectivity index (χ3n) is 3.63. The van der Waals surface area contributed by atoms with E-state index in [1.165, 1.54) is 0 Å². The van der Waals surface area contributed by atoms with Gasteiger partial charge in [0.05, 0.1) is 11.8 Å². The number of benzene rings is 2. The van der Waals surface area contributed by atoms with Gasteiger partial charge in [0, 0.05) is 22.2 Å². The third-order valence-corrected chi connectivity index (χ3v) is 3.63. The Bertz CT molecular complexity index is 1010. The fourth-order valence-electron chi connectivity index (χ4n) is 2.53. The number of hydrogen-bond acceptors (Lipinski definition) is 3. The lowest BCUT2D eigenvalue weighted by molar-refractivity contribution is 0.561. The smallest absolute Gasteiger partial charge is 0.146 e. The Kier molecular flexibility index (Phi) is 2.80. The zero-order chi connectivity index (χ0) is 14.9. The van der Waals surface area contributed by atoms with E-state index in [1.54, 1.807) is 12.3 Å². The molecule has 0 bridgehead atoms. The monoisotopic (exact) mass is 285 g/mol. The van der Waals surface area contributed by atoms with Crippen LogP contribution in [0.25, 0.3) is 33.4 Å². The normalized spacial score (nSPS) is 11.9. The predicted molar refractivity (Wildman–Crippen MR) is 85.9 cm³/mol. The summed E-state index contributed by atoms with van der Waals surface area (Å²) >= 11 is 0. The summed E-state index contributed by atoms with van der Waals surface area (Å²) in [5.74, 6) is 1.21. The van der Waals surface area contributed by atoms with Gasteiger partial charge in [-0.2, -0.15) is 5.26 Å². The van der Waals surface area contributed by atoms with E-state index in [9.17, 15) is 5.26 Å². The maximum absolute atomic E-state index is 9.46. The van der Waals surface area contributed by atoms with Crippen molar-refractivity contribution in [2.24, 2.45) is 0 Å². The molecule has 4 rings (SSSR count). The summed E-state index contributed by atoms with van der Waals surface area (Å²) in [6.07, 6.45) is 3.41. The number of furan rings is 2. The van der Waals surface area contributed by atoms with E-state index >= 15 is 0 Å². The lowest BCUT2D eigenvalue weighted by Crippen LogP contribution is -1.77. The second kappa shape index (κ2) is 4.94. The number of nitriles is 1. The molecule has 3 nitrogen and oxygen atoms in total. The number of fused-ring (bicyclic) bond motifs is 2. The lowest BCUT2D eigenvalue weighted by Gasteiger charge is -1.93. The van der Waals surface area contributed by atoms with Crippen molar-refractivity contribution in [2.75, 3.05) is 0 Å². The van der Waals surface area contributed by atoms with E-state index in [0.29, 0.717) is 17.1 Å².